The van der Waals surface area contributed by atoms with Crippen LogP contribution in [0.3, 0.4) is 0 Å². The van der Waals surface area contributed by atoms with E-state index >= 15 is 0 Å². The first-order chi connectivity index (χ1) is 14.8. The Morgan fingerprint density at radius 2 is 1.84 bits per heavy atom. The highest BCUT2D eigenvalue weighted by Crippen LogP contribution is 2.27. The number of sulfonamides is 1. The fraction of sp³-hybridized carbons (Fsp3) is 0.458. The zero-order valence-corrected chi connectivity index (χ0v) is 19.8. The molecule has 0 saturated carbocycles. The van der Waals surface area contributed by atoms with Crippen LogP contribution in [0.1, 0.15) is 46.3 Å². The molecule has 1 atom stereocenters. The highest BCUT2D eigenvalue weighted by atomic mass is 35.5. The fourth-order valence-electron chi connectivity index (χ4n) is 4.03. The highest BCUT2D eigenvalue weighted by Gasteiger charge is 2.29. The van der Waals surface area contributed by atoms with Crippen molar-refractivity contribution in [2.24, 2.45) is 0 Å². The molecule has 7 heteroatoms. The van der Waals surface area contributed by atoms with Gasteiger partial charge in [-0.2, -0.15) is 0 Å². The predicted octanol–water partition coefficient (Wildman–Crippen LogP) is 3.88. The predicted molar refractivity (Wildman–Crippen MR) is 126 cm³/mol. The third-order valence-electron chi connectivity index (χ3n) is 6.01. The van der Waals surface area contributed by atoms with Crippen molar-refractivity contribution >= 4 is 27.4 Å². The minimum Gasteiger partial charge on any atom is -0.316 e. The Labute approximate surface area is 190 Å². The number of fused-ring (bicyclic) bond motifs is 1. The van der Waals surface area contributed by atoms with Crippen molar-refractivity contribution in [1.82, 2.24) is 9.62 Å². The number of likely N-dealkylation sites (N-methyl/N-ethyl adjacent to an activating group) is 1. The Morgan fingerprint density at radius 3 is 2.58 bits per heavy atom. The minimum atomic E-state index is -3.22. The number of hydrogen-bond acceptors (Lipinski definition) is 4. The lowest BCUT2D eigenvalue weighted by Crippen LogP contribution is -2.36. The number of carbonyl (C=O) groups excluding carboxylic acids is 1. The van der Waals surface area contributed by atoms with Gasteiger partial charge in [-0.1, -0.05) is 41.9 Å². The van der Waals surface area contributed by atoms with Gasteiger partial charge >= 0.3 is 0 Å². The fourth-order valence-corrected chi connectivity index (χ4v) is 4.95. The van der Waals surface area contributed by atoms with E-state index in [0.29, 0.717) is 19.3 Å². The topological polar surface area (TPSA) is 66.5 Å². The number of hydrogen-bond donors (Lipinski definition) is 1. The Morgan fingerprint density at radius 1 is 1.10 bits per heavy atom. The van der Waals surface area contributed by atoms with Crippen LogP contribution in [-0.4, -0.2) is 50.9 Å². The van der Waals surface area contributed by atoms with E-state index in [9.17, 15) is 13.2 Å². The van der Waals surface area contributed by atoms with E-state index < -0.39 is 10.0 Å². The van der Waals surface area contributed by atoms with E-state index in [-0.39, 0.29) is 11.8 Å². The van der Waals surface area contributed by atoms with E-state index in [1.54, 1.807) is 7.05 Å². The lowest BCUT2D eigenvalue weighted by molar-refractivity contribution is 0.0979. The number of nitrogens with one attached hydrogen (secondary N) is 1. The summed E-state index contributed by atoms with van der Waals surface area (Å²) in [5, 5.41) is 4.22. The molecule has 0 amide bonds. The molecule has 31 heavy (non-hydrogen) atoms. The molecule has 1 aliphatic rings. The Bertz CT molecular complexity index is 1020. The molecule has 0 aromatic heterocycles. The second kappa shape index (κ2) is 10.7. The standard InChI is InChI=1S/C24H31ClN2O3S/c1-27(31(2,29)30)22-16-19-10-11-20(15-21(19)17-22)24(28)9-5-6-13-26-14-12-18-7-3-4-8-23(18)25/h3-4,7-8,10-11,15,22,26H,5-6,9,12-14,16-17H2,1-2H3. The Kier molecular flexibility index (Phi) is 8.28. The second-order valence-corrected chi connectivity index (χ2v) is 10.7. The first-order valence-electron chi connectivity index (χ1n) is 10.8. The molecule has 0 saturated heterocycles. The van der Waals surface area contributed by atoms with E-state index in [1.807, 2.05) is 42.5 Å². The number of carbonyl (C=O) groups is 1. The number of benzene rings is 2. The Hall–Kier alpha value is -1.73. The maximum Gasteiger partial charge on any atom is 0.211 e. The summed E-state index contributed by atoms with van der Waals surface area (Å²) in [4.78, 5) is 12.6. The molecule has 168 valence electrons. The van der Waals surface area contributed by atoms with Crippen LogP contribution in [0, 0.1) is 0 Å². The molecule has 5 nitrogen and oxygen atoms in total. The summed E-state index contributed by atoms with van der Waals surface area (Å²) in [6.45, 7) is 1.74. The van der Waals surface area contributed by atoms with E-state index in [2.05, 4.69) is 5.32 Å². The molecule has 3 rings (SSSR count). The van der Waals surface area contributed by atoms with Crippen LogP contribution in [0.15, 0.2) is 42.5 Å². The summed E-state index contributed by atoms with van der Waals surface area (Å²) in [7, 11) is -1.59. The lowest BCUT2D eigenvalue weighted by atomic mass is 10.0. The van der Waals surface area contributed by atoms with Crippen LogP contribution in [0.5, 0.6) is 0 Å². The van der Waals surface area contributed by atoms with Crippen molar-refractivity contribution in [3.63, 3.8) is 0 Å². The molecule has 0 spiro atoms. The average Bonchev–Trinajstić information content (AvgIpc) is 3.16. The molecule has 1 N–H and O–H groups in total. The molecule has 1 unspecified atom stereocenters. The molecule has 1 aliphatic carbocycles. The van der Waals surface area contributed by atoms with Crippen LogP contribution >= 0.6 is 11.6 Å². The highest BCUT2D eigenvalue weighted by molar-refractivity contribution is 7.88. The quantitative estimate of drug-likeness (QED) is 0.406. The molecule has 2 aromatic carbocycles. The number of unbranched alkanes of at least 4 members (excludes halogenated alkanes) is 1. The van der Waals surface area contributed by atoms with Crippen LogP contribution in [0.2, 0.25) is 5.02 Å². The van der Waals surface area contributed by atoms with E-state index in [1.165, 1.54) is 10.6 Å². The van der Waals surface area contributed by atoms with Gasteiger partial charge in [-0.15, -0.1) is 0 Å². The molecule has 0 heterocycles. The Balaban J connectivity index is 1.39. The number of ketones is 1. The van der Waals surface area contributed by atoms with Crippen molar-refractivity contribution in [3.8, 4) is 0 Å². The van der Waals surface area contributed by atoms with Gasteiger partial charge in [0.2, 0.25) is 10.0 Å². The maximum atomic E-state index is 12.6. The first-order valence-corrected chi connectivity index (χ1v) is 13.0. The van der Waals surface area contributed by atoms with Crippen molar-refractivity contribution in [2.75, 3.05) is 26.4 Å². The van der Waals surface area contributed by atoms with Gasteiger partial charge in [0.05, 0.1) is 6.26 Å². The van der Waals surface area contributed by atoms with Crippen LogP contribution < -0.4 is 5.32 Å². The number of rotatable bonds is 11. The first kappa shape index (κ1) is 23.9. The third-order valence-corrected chi connectivity index (χ3v) is 7.73. The molecular formula is C24H31ClN2O3S. The van der Waals surface area contributed by atoms with Gasteiger partial charge in [-0.3, -0.25) is 4.79 Å². The summed E-state index contributed by atoms with van der Waals surface area (Å²) in [6.07, 6.45) is 5.80. The molecular weight excluding hydrogens is 432 g/mol. The smallest absolute Gasteiger partial charge is 0.211 e. The summed E-state index contributed by atoms with van der Waals surface area (Å²) < 4.78 is 25.0. The van der Waals surface area contributed by atoms with Crippen molar-refractivity contribution in [1.29, 1.82) is 0 Å². The largest absolute Gasteiger partial charge is 0.316 e. The van der Waals surface area contributed by atoms with Crippen LogP contribution in [-0.2, 0) is 29.3 Å². The molecule has 0 bridgehead atoms. The van der Waals surface area contributed by atoms with E-state index in [4.69, 9.17) is 11.6 Å². The molecule has 0 aliphatic heterocycles. The second-order valence-electron chi connectivity index (χ2n) is 8.30. The summed E-state index contributed by atoms with van der Waals surface area (Å²) >= 11 is 6.16. The van der Waals surface area contributed by atoms with Crippen LogP contribution in [0.25, 0.3) is 0 Å². The van der Waals surface area contributed by atoms with Gasteiger partial charge < -0.3 is 5.32 Å². The van der Waals surface area contributed by atoms with Crippen LogP contribution in [0.4, 0.5) is 0 Å². The zero-order chi connectivity index (χ0) is 22.4. The zero-order valence-electron chi connectivity index (χ0n) is 18.2. The van der Waals surface area contributed by atoms with Gasteiger partial charge in [0.25, 0.3) is 0 Å². The normalized spacial score (nSPS) is 15.9. The van der Waals surface area contributed by atoms with Crippen molar-refractivity contribution < 1.29 is 13.2 Å². The SMILES string of the molecule is CN(C1Cc2ccc(C(=O)CCCCNCCc3ccccc3Cl)cc2C1)S(C)(=O)=O. The number of nitrogens with zero attached hydrogens (tertiary/aromatic N) is 1. The molecule has 2 aromatic rings. The number of halogens is 1. The van der Waals surface area contributed by atoms with Gasteiger partial charge in [0.15, 0.2) is 5.78 Å². The summed E-state index contributed by atoms with van der Waals surface area (Å²) in [5.74, 6) is 0.152. The van der Waals surface area contributed by atoms with Gasteiger partial charge in [0, 0.05) is 30.1 Å². The lowest BCUT2D eigenvalue weighted by Gasteiger charge is -2.21. The monoisotopic (exact) mass is 462 g/mol. The van der Waals surface area contributed by atoms with Crippen molar-refractivity contribution in [3.05, 3.63) is 69.7 Å². The van der Waals surface area contributed by atoms with E-state index in [0.717, 1.165) is 59.6 Å². The van der Waals surface area contributed by atoms with Gasteiger partial charge in [-0.25, -0.2) is 12.7 Å². The summed E-state index contributed by atoms with van der Waals surface area (Å²) in [6, 6.07) is 13.6. The minimum absolute atomic E-state index is 0.0628. The van der Waals surface area contributed by atoms with Gasteiger partial charge in [0.1, 0.15) is 0 Å². The van der Waals surface area contributed by atoms with Gasteiger partial charge in [-0.05, 0) is 74.0 Å². The summed E-state index contributed by atoms with van der Waals surface area (Å²) in [5.41, 5.74) is 4.11. The average molecular weight is 463 g/mol. The molecule has 0 fully saturated rings. The maximum absolute atomic E-state index is 12.6. The third kappa shape index (κ3) is 6.62. The number of Topliss-reactive ketones (excluding diaryl/α,β-unsaturated/α-hetero) is 1. The van der Waals surface area contributed by atoms with Crippen molar-refractivity contribution in [2.45, 2.75) is 44.6 Å². The molecule has 0 radical (unpaired) electrons.